The lowest BCUT2D eigenvalue weighted by atomic mass is 10.2. The van der Waals surface area contributed by atoms with E-state index in [-0.39, 0.29) is 0 Å². The van der Waals surface area contributed by atoms with Crippen LogP contribution in [0.2, 0.25) is 0 Å². The van der Waals surface area contributed by atoms with Crippen LogP contribution in [0.4, 0.5) is 5.82 Å². The van der Waals surface area contributed by atoms with Crippen LogP contribution in [0.25, 0.3) is 11.0 Å². The minimum atomic E-state index is 0.531. The minimum absolute atomic E-state index is 0.531. The molecule has 1 unspecified atom stereocenters. The van der Waals surface area contributed by atoms with Gasteiger partial charge in [0.1, 0.15) is 5.52 Å². The van der Waals surface area contributed by atoms with Crippen LogP contribution in [-0.2, 0) is 7.05 Å². The zero-order valence-corrected chi connectivity index (χ0v) is 13.2. The fraction of sp³-hybridized carbons (Fsp3) is 0.625. The van der Waals surface area contributed by atoms with Gasteiger partial charge >= 0.3 is 0 Å². The van der Waals surface area contributed by atoms with Gasteiger partial charge in [-0.05, 0) is 31.4 Å². The van der Waals surface area contributed by atoms with E-state index >= 15 is 0 Å². The van der Waals surface area contributed by atoms with E-state index in [0.29, 0.717) is 12.0 Å². The normalized spacial score (nSPS) is 19.0. The lowest BCUT2D eigenvalue weighted by Gasteiger charge is -2.26. The number of rotatable bonds is 5. The first-order valence-corrected chi connectivity index (χ1v) is 7.90. The predicted molar refractivity (Wildman–Crippen MR) is 86.6 cm³/mol. The second-order valence-corrected chi connectivity index (χ2v) is 6.40. The third-order valence-electron chi connectivity index (χ3n) is 4.21. The lowest BCUT2D eigenvalue weighted by Crippen LogP contribution is -2.39. The van der Waals surface area contributed by atoms with Gasteiger partial charge in [0.25, 0.3) is 0 Å². The molecule has 0 amide bonds. The zero-order chi connectivity index (χ0) is 14.8. The molecule has 0 spiro atoms. The number of imidazole rings is 1. The number of pyridine rings is 1. The molecule has 3 heterocycles. The monoisotopic (exact) mass is 287 g/mol. The number of hydrogen-bond acceptors (Lipinski definition) is 4. The van der Waals surface area contributed by atoms with Crippen molar-refractivity contribution in [3.8, 4) is 0 Å². The van der Waals surface area contributed by atoms with Gasteiger partial charge in [0, 0.05) is 32.4 Å². The number of hydrogen-bond donors (Lipinski definition) is 1. The van der Waals surface area contributed by atoms with E-state index < -0.39 is 0 Å². The summed E-state index contributed by atoms with van der Waals surface area (Å²) in [6.07, 6.45) is 6.24. The summed E-state index contributed by atoms with van der Waals surface area (Å²) < 4.78 is 2.06. The van der Waals surface area contributed by atoms with Crippen LogP contribution in [0, 0.1) is 5.92 Å². The fourth-order valence-corrected chi connectivity index (χ4v) is 3.12. The maximum absolute atomic E-state index is 4.62. The summed E-state index contributed by atoms with van der Waals surface area (Å²) in [5.41, 5.74) is 2.18. The van der Waals surface area contributed by atoms with E-state index in [0.717, 1.165) is 36.5 Å². The van der Waals surface area contributed by atoms with Crippen molar-refractivity contribution in [2.45, 2.75) is 32.7 Å². The first kappa shape index (κ1) is 14.3. The van der Waals surface area contributed by atoms with E-state index in [1.54, 1.807) is 0 Å². The van der Waals surface area contributed by atoms with Gasteiger partial charge in [0.05, 0.1) is 11.8 Å². The Morgan fingerprint density at radius 1 is 1.38 bits per heavy atom. The van der Waals surface area contributed by atoms with Gasteiger partial charge in [-0.1, -0.05) is 13.8 Å². The van der Waals surface area contributed by atoms with E-state index in [1.807, 2.05) is 25.6 Å². The number of nitrogens with zero attached hydrogens (tertiary/aromatic N) is 4. The summed E-state index contributed by atoms with van der Waals surface area (Å²) in [6.45, 7) is 7.68. The summed E-state index contributed by atoms with van der Waals surface area (Å²) >= 11 is 0. The Morgan fingerprint density at radius 3 is 3.05 bits per heavy atom. The molecule has 0 saturated carbocycles. The van der Waals surface area contributed by atoms with Gasteiger partial charge in [0.2, 0.25) is 0 Å². The Kier molecular flexibility index (Phi) is 4.10. The lowest BCUT2D eigenvalue weighted by molar-refractivity contribution is 0.511. The van der Waals surface area contributed by atoms with Crippen LogP contribution in [0.1, 0.15) is 26.7 Å². The molecule has 0 aliphatic carbocycles. The Labute approximate surface area is 126 Å². The highest BCUT2D eigenvalue weighted by molar-refractivity contribution is 5.86. The standard InChI is InChI=1S/C16H25N5/c1-12(2)9-17-10-13-5-4-8-21(13)16-15-14(6-7-18-16)20(3)11-19-15/h6-7,11-13,17H,4-5,8-10H2,1-3H3. The second-order valence-electron chi connectivity index (χ2n) is 6.40. The third-order valence-corrected chi connectivity index (χ3v) is 4.21. The maximum atomic E-state index is 4.62. The number of fused-ring (bicyclic) bond motifs is 1. The van der Waals surface area contributed by atoms with Gasteiger partial charge in [-0.3, -0.25) is 0 Å². The molecule has 2 aromatic heterocycles. The molecule has 1 aliphatic rings. The number of nitrogens with one attached hydrogen (secondary N) is 1. The van der Waals surface area contributed by atoms with Crippen molar-refractivity contribution in [2.75, 3.05) is 24.5 Å². The second kappa shape index (κ2) is 6.02. The van der Waals surface area contributed by atoms with Crippen molar-refractivity contribution in [2.24, 2.45) is 13.0 Å². The van der Waals surface area contributed by atoms with Crippen LogP contribution >= 0.6 is 0 Å². The van der Waals surface area contributed by atoms with Crippen molar-refractivity contribution in [1.29, 1.82) is 0 Å². The highest BCUT2D eigenvalue weighted by Crippen LogP contribution is 2.28. The summed E-state index contributed by atoms with van der Waals surface area (Å²) in [7, 11) is 2.03. The SMILES string of the molecule is CC(C)CNCC1CCCN1c1nccc2c1ncn2C. The van der Waals surface area contributed by atoms with Crippen LogP contribution in [0.3, 0.4) is 0 Å². The zero-order valence-electron chi connectivity index (χ0n) is 13.2. The molecule has 5 nitrogen and oxygen atoms in total. The van der Waals surface area contributed by atoms with Crippen molar-refractivity contribution < 1.29 is 0 Å². The molecule has 1 aliphatic heterocycles. The molecular formula is C16H25N5. The Morgan fingerprint density at radius 2 is 2.24 bits per heavy atom. The van der Waals surface area contributed by atoms with E-state index in [1.165, 1.54) is 12.8 Å². The number of aryl methyl sites for hydroxylation is 1. The molecule has 0 bridgehead atoms. The van der Waals surface area contributed by atoms with Gasteiger partial charge in [-0.2, -0.15) is 0 Å². The third kappa shape index (κ3) is 2.88. The predicted octanol–water partition coefficient (Wildman–Crippen LogP) is 2.18. The average Bonchev–Trinajstić information content (AvgIpc) is 3.06. The van der Waals surface area contributed by atoms with Gasteiger partial charge < -0.3 is 14.8 Å². The molecule has 1 saturated heterocycles. The Balaban J connectivity index is 1.80. The van der Waals surface area contributed by atoms with Crippen molar-refractivity contribution >= 4 is 16.9 Å². The number of aromatic nitrogens is 3. The number of anilines is 1. The van der Waals surface area contributed by atoms with Crippen LogP contribution in [-0.4, -0.2) is 40.2 Å². The summed E-state index contributed by atoms with van der Waals surface area (Å²) in [4.78, 5) is 11.6. The highest BCUT2D eigenvalue weighted by Gasteiger charge is 2.27. The molecule has 1 atom stereocenters. The van der Waals surface area contributed by atoms with E-state index in [4.69, 9.17) is 0 Å². The molecule has 21 heavy (non-hydrogen) atoms. The van der Waals surface area contributed by atoms with Gasteiger partial charge in [0.15, 0.2) is 5.82 Å². The van der Waals surface area contributed by atoms with Crippen molar-refractivity contribution in [3.63, 3.8) is 0 Å². The van der Waals surface area contributed by atoms with Crippen LogP contribution in [0.5, 0.6) is 0 Å². The smallest absolute Gasteiger partial charge is 0.157 e. The minimum Gasteiger partial charge on any atom is -0.351 e. The van der Waals surface area contributed by atoms with E-state index in [2.05, 4.69) is 38.6 Å². The molecule has 1 N–H and O–H groups in total. The van der Waals surface area contributed by atoms with E-state index in [9.17, 15) is 0 Å². The maximum Gasteiger partial charge on any atom is 0.157 e. The van der Waals surface area contributed by atoms with Crippen molar-refractivity contribution in [3.05, 3.63) is 18.6 Å². The molecule has 1 fully saturated rings. The van der Waals surface area contributed by atoms with Gasteiger partial charge in [-0.25, -0.2) is 9.97 Å². The molecule has 3 rings (SSSR count). The topological polar surface area (TPSA) is 46.0 Å². The Hall–Kier alpha value is -1.62. The molecule has 5 heteroatoms. The molecule has 114 valence electrons. The van der Waals surface area contributed by atoms with Crippen LogP contribution in [0.15, 0.2) is 18.6 Å². The highest BCUT2D eigenvalue weighted by atomic mass is 15.3. The summed E-state index contributed by atoms with van der Waals surface area (Å²) in [5, 5.41) is 3.58. The van der Waals surface area contributed by atoms with Gasteiger partial charge in [-0.15, -0.1) is 0 Å². The molecule has 0 aromatic carbocycles. The fourth-order valence-electron chi connectivity index (χ4n) is 3.12. The Bertz CT molecular complexity index is 604. The quantitative estimate of drug-likeness (QED) is 0.915. The summed E-state index contributed by atoms with van der Waals surface area (Å²) in [5.74, 6) is 1.74. The first-order valence-electron chi connectivity index (χ1n) is 7.90. The largest absolute Gasteiger partial charge is 0.351 e. The summed E-state index contributed by atoms with van der Waals surface area (Å²) in [6, 6.07) is 2.57. The first-order chi connectivity index (χ1) is 10.2. The molecule has 2 aromatic rings. The average molecular weight is 287 g/mol. The molecule has 0 radical (unpaired) electrons. The molecular weight excluding hydrogens is 262 g/mol. The van der Waals surface area contributed by atoms with Crippen LogP contribution < -0.4 is 10.2 Å². The van der Waals surface area contributed by atoms with Crippen molar-refractivity contribution in [1.82, 2.24) is 19.9 Å².